The first-order chi connectivity index (χ1) is 10.9. The molecule has 0 unspecified atom stereocenters. The molecule has 0 atom stereocenters. The van der Waals surface area contributed by atoms with Gasteiger partial charge in [-0.1, -0.05) is 43.7 Å². The summed E-state index contributed by atoms with van der Waals surface area (Å²) in [4.78, 5) is 6.33. The van der Waals surface area contributed by atoms with Gasteiger partial charge in [-0.05, 0) is 70.3 Å². The van der Waals surface area contributed by atoms with Crippen LogP contribution in [0.3, 0.4) is 0 Å². The highest BCUT2D eigenvalue weighted by Crippen LogP contribution is 2.24. The Balaban J connectivity index is 5.84. The van der Waals surface area contributed by atoms with Crippen molar-refractivity contribution in [3.05, 3.63) is 52.2 Å². The Hall–Kier alpha value is -1.63. The minimum atomic E-state index is 0.932. The fourth-order valence-electron chi connectivity index (χ4n) is 2.03. The summed E-state index contributed by atoms with van der Waals surface area (Å²) in [5, 5.41) is 0. The molecule has 0 saturated carbocycles. The van der Waals surface area contributed by atoms with Crippen molar-refractivity contribution in [2.45, 2.75) is 47.5 Å². The molecule has 0 spiro atoms. The molecule has 0 rings (SSSR count). The molecule has 0 aliphatic heterocycles. The molecule has 0 aliphatic rings. The molecule has 0 N–H and O–H groups in total. The minimum Gasteiger partial charge on any atom is -0.306 e. The van der Waals surface area contributed by atoms with Crippen LogP contribution in [0.25, 0.3) is 0 Å². The predicted octanol–water partition coefficient (Wildman–Crippen LogP) is 5.36. The Morgan fingerprint density at radius 3 is 2.13 bits per heavy atom. The standard InChI is InChI=1S/C21H34N2/c1-9-11-20(19(5)14-15-23(7)8)21(16-22-6)18(4)13-12-17(3)10-2/h11-14H,9-10,15H2,1-8H3. The molecule has 128 valence electrons. The second-order valence-electron chi connectivity index (χ2n) is 6.10. The van der Waals surface area contributed by atoms with E-state index in [0.29, 0.717) is 0 Å². The minimum absolute atomic E-state index is 0.932. The molecule has 0 heterocycles. The van der Waals surface area contributed by atoms with E-state index in [9.17, 15) is 0 Å². The maximum atomic E-state index is 4.16. The van der Waals surface area contributed by atoms with Gasteiger partial charge in [0, 0.05) is 19.2 Å². The third-order valence-corrected chi connectivity index (χ3v) is 3.66. The van der Waals surface area contributed by atoms with Gasteiger partial charge in [-0.3, -0.25) is 0 Å². The van der Waals surface area contributed by atoms with Crippen molar-refractivity contribution in [3.8, 4) is 0 Å². The second kappa shape index (κ2) is 11.9. The Morgan fingerprint density at radius 1 is 1.00 bits per heavy atom. The van der Waals surface area contributed by atoms with Crippen LogP contribution in [0.4, 0.5) is 0 Å². The molecule has 2 heteroatoms. The van der Waals surface area contributed by atoms with Gasteiger partial charge in [0.25, 0.3) is 0 Å². The summed E-state index contributed by atoms with van der Waals surface area (Å²) in [6.07, 6.45) is 11.0. The van der Waals surface area contributed by atoms with E-state index >= 15 is 0 Å². The zero-order valence-electron chi connectivity index (χ0n) is 16.3. The summed E-state index contributed by atoms with van der Waals surface area (Å²) >= 11 is 0. The van der Waals surface area contributed by atoms with E-state index in [4.69, 9.17) is 0 Å². The van der Waals surface area contributed by atoms with E-state index in [1.54, 1.807) is 7.05 Å². The molecule has 0 fully saturated rings. The van der Waals surface area contributed by atoms with E-state index in [1.807, 2.05) is 0 Å². The molecule has 23 heavy (non-hydrogen) atoms. The number of nitrogens with zero attached hydrogens (tertiary/aromatic N) is 2. The topological polar surface area (TPSA) is 15.6 Å². The highest BCUT2D eigenvalue weighted by Gasteiger charge is 2.09. The third kappa shape index (κ3) is 8.54. The summed E-state index contributed by atoms with van der Waals surface area (Å²) < 4.78 is 0. The first-order valence-corrected chi connectivity index (χ1v) is 8.45. The third-order valence-electron chi connectivity index (χ3n) is 3.66. The molecule has 2 nitrogen and oxygen atoms in total. The number of allylic oxidation sites excluding steroid dienone is 8. The Morgan fingerprint density at radius 2 is 1.65 bits per heavy atom. The molecule has 0 aromatic rings. The zero-order chi connectivity index (χ0) is 17.8. The molecule has 0 saturated heterocycles. The lowest BCUT2D eigenvalue weighted by atomic mass is 9.93. The fraction of sp³-hybridized carbons (Fsp3) is 0.524. The first-order valence-electron chi connectivity index (χ1n) is 8.45. The first kappa shape index (κ1) is 21.4. The van der Waals surface area contributed by atoms with Crippen LogP contribution in [0.2, 0.25) is 0 Å². The molecule has 0 amide bonds. The average molecular weight is 315 g/mol. The molecular weight excluding hydrogens is 280 g/mol. The van der Waals surface area contributed by atoms with Crippen LogP contribution >= 0.6 is 0 Å². The summed E-state index contributed by atoms with van der Waals surface area (Å²) in [6.45, 7) is 11.7. The lowest BCUT2D eigenvalue weighted by molar-refractivity contribution is 0.455. The maximum Gasteiger partial charge on any atom is 0.0457 e. The van der Waals surface area contributed by atoms with E-state index < -0.39 is 0 Å². The van der Waals surface area contributed by atoms with Gasteiger partial charge in [-0.25, -0.2) is 4.99 Å². The van der Waals surface area contributed by atoms with Crippen LogP contribution in [0.15, 0.2) is 57.2 Å². The zero-order valence-corrected chi connectivity index (χ0v) is 16.3. The van der Waals surface area contributed by atoms with Crippen molar-refractivity contribution in [2.75, 3.05) is 27.7 Å². The van der Waals surface area contributed by atoms with Crippen molar-refractivity contribution in [1.82, 2.24) is 4.90 Å². The molecule has 0 aliphatic carbocycles. The molecule has 0 aromatic carbocycles. The second-order valence-corrected chi connectivity index (χ2v) is 6.10. The quantitative estimate of drug-likeness (QED) is 0.435. The monoisotopic (exact) mass is 314 g/mol. The van der Waals surface area contributed by atoms with Gasteiger partial charge in [-0.2, -0.15) is 0 Å². The summed E-state index contributed by atoms with van der Waals surface area (Å²) in [5.41, 5.74) is 6.16. The number of rotatable bonds is 8. The van der Waals surface area contributed by atoms with E-state index in [1.165, 1.54) is 22.3 Å². The Bertz CT molecular complexity index is 548. The highest BCUT2D eigenvalue weighted by molar-refractivity contribution is 5.75. The van der Waals surface area contributed by atoms with Crippen LogP contribution in [-0.2, 0) is 0 Å². The fourth-order valence-corrected chi connectivity index (χ4v) is 2.03. The van der Waals surface area contributed by atoms with Crippen LogP contribution in [0, 0.1) is 0 Å². The summed E-state index contributed by atoms with van der Waals surface area (Å²) in [7, 11) is 5.95. The molecule has 0 bridgehead atoms. The lowest BCUT2D eigenvalue weighted by Gasteiger charge is -2.13. The highest BCUT2D eigenvalue weighted by atomic mass is 15.0. The Labute approximate surface area is 143 Å². The van der Waals surface area contributed by atoms with Crippen LogP contribution in [0.1, 0.15) is 47.5 Å². The van der Waals surface area contributed by atoms with Gasteiger partial charge in [0.15, 0.2) is 0 Å². The van der Waals surface area contributed by atoms with Crippen LogP contribution in [0.5, 0.6) is 0 Å². The van der Waals surface area contributed by atoms with Crippen molar-refractivity contribution in [1.29, 1.82) is 0 Å². The van der Waals surface area contributed by atoms with Gasteiger partial charge in [0.1, 0.15) is 0 Å². The normalized spacial score (nSPS) is 14.1. The van der Waals surface area contributed by atoms with E-state index in [2.05, 4.69) is 88.8 Å². The van der Waals surface area contributed by atoms with Gasteiger partial charge < -0.3 is 4.90 Å². The number of aliphatic imine (C=N–C) groups is 1. The van der Waals surface area contributed by atoms with Crippen molar-refractivity contribution < 1.29 is 0 Å². The molecule has 0 aromatic heterocycles. The smallest absolute Gasteiger partial charge is 0.0457 e. The van der Waals surface area contributed by atoms with Gasteiger partial charge in [0.05, 0.1) is 0 Å². The largest absolute Gasteiger partial charge is 0.306 e. The lowest BCUT2D eigenvalue weighted by Crippen LogP contribution is -2.11. The van der Waals surface area contributed by atoms with Crippen molar-refractivity contribution in [3.63, 3.8) is 0 Å². The van der Waals surface area contributed by atoms with Gasteiger partial charge in [-0.15, -0.1) is 0 Å². The van der Waals surface area contributed by atoms with Crippen LogP contribution < -0.4 is 0 Å². The molecular formula is C21H34N2. The Kier molecular flexibility index (Phi) is 11.0. The van der Waals surface area contributed by atoms with E-state index in [-0.39, 0.29) is 0 Å². The number of likely N-dealkylation sites (N-methyl/N-ethyl adjacent to an activating group) is 1. The number of hydrogen-bond acceptors (Lipinski definition) is 2. The summed E-state index contributed by atoms with van der Waals surface area (Å²) in [6, 6.07) is 0. The predicted molar refractivity (Wildman–Crippen MR) is 105 cm³/mol. The average Bonchev–Trinajstić information content (AvgIpc) is 2.53. The molecule has 0 radical (unpaired) electrons. The maximum absolute atomic E-state index is 4.16. The van der Waals surface area contributed by atoms with Gasteiger partial charge >= 0.3 is 0 Å². The van der Waals surface area contributed by atoms with Gasteiger partial charge in [0.2, 0.25) is 0 Å². The van der Waals surface area contributed by atoms with Crippen molar-refractivity contribution in [2.24, 2.45) is 4.99 Å². The van der Waals surface area contributed by atoms with E-state index in [0.717, 1.165) is 25.0 Å². The number of hydrogen-bond donors (Lipinski definition) is 0. The SMILES string of the molecule is CCC=C(C(=C=NC)C(C)=CC=C(C)CC)C(C)=CCN(C)C. The summed E-state index contributed by atoms with van der Waals surface area (Å²) in [5.74, 6) is 3.20. The van der Waals surface area contributed by atoms with Crippen LogP contribution in [-0.4, -0.2) is 38.5 Å². The van der Waals surface area contributed by atoms with Crippen molar-refractivity contribution >= 4 is 5.87 Å².